The van der Waals surface area contributed by atoms with Crippen molar-refractivity contribution in [1.82, 2.24) is 9.97 Å². The van der Waals surface area contributed by atoms with Gasteiger partial charge in [0.05, 0.1) is 0 Å². The first kappa shape index (κ1) is 12.4. The first-order chi connectivity index (χ1) is 8.54. The van der Waals surface area contributed by atoms with E-state index in [0.717, 1.165) is 25.7 Å². The summed E-state index contributed by atoms with van der Waals surface area (Å²) in [6, 6.07) is 1.92. The van der Waals surface area contributed by atoms with Crippen molar-refractivity contribution in [1.29, 1.82) is 0 Å². The number of nitrogens with two attached hydrogens (primary N) is 3. The average molecular weight is 250 g/mol. The van der Waals surface area contributed by atoms with Crippen molar-refractivity contribution >= 4 is 23.5 Å². The molecule has 18 heavy (non-hydrogen) atoms. The van der Waals surface area contributed by atoms with Gasteiger partial charge in [0.1, 0.15) is 11.6 Å². The first-order valence-electron chi connectivity index (χ1n) is 6.00. The van der Waals surface area contributed by atoms with Gasteiger partial charge in [0.25, 0.3) is 0 Å². The van der Waals surface area contributed by atoms with Gasteiger partial charge in [-0.25, -0.2) is 0 Å². The molecule has 0 aliphatic heterocycles. The number of hydrogen-bond donors (Lipinski definition) is 4. The van der Waals surface area contributed by atoms with Crippen LogP contribution in [0.5, 0.6) is 0 Å². The number of carbonyl (C=O) groups is 1. The third-order valence-electron chi connectivity index (χ3n) is 3.24. The van der Waals surface area contributed by atoms with E-state index in [1.165, 1.54) is 0 Å². The normalized spacial score (nSPS) is 23.6. The van der Waals surface area contributed by atoms with Crippen LogP contribution in [0.2, 0.25) is 0 Å². The molecule has 1 aromatic rings. The fraction of sp³-hybridized carbons (Fsp3) is 0.545. The number of carbonyl (C=O) groups excluding carboxylic acids is 1. The summed E-state index contributed by atoms with van der Waals surface area (Å²) in [5.74, 6) is 0.925. The van der Waals surface area contributed by atoms with Gasteiger partial charge in [-0.2, -0.15) is 9.97 Å². The van der Waals surface area contributed by atoms with E-state index in [0.29, 0.717) is 11.6 Å². The number of amides is 1. The number of nitrogens with zero attached hydrogens (tertiary/aromatic N) is 2. The van der Waals surface area contributed by atoms with Crippen LogP contribution in [0, 0.1) is 5.92 Å². The molecule has 0 atom stereocenters. The first-order valence-corrected chi connectivity index (χ1v) is 6.00. The molecule has 98 valence electrons. The molecule has 1 aliphatic rings. The maximum atomic E-state index is 11.1. The van der Waals surface area contributed by atoms with E-state index in [9.17, 15) is 4.79 Å². The van der Waals surface area contributed by atoms with Crippen molar-refractivity contribution in [2.24, 2.45) is 11.7 Å². The van der Waals surface area contributed by atoms with Crippen LogP contribution in [0.4, 0.5) is 17.6 Å². The molecule has 7 N–H and O–H groups in total. The molecule has 7 nitrogen and oxygen atoms in total. The molecule has 0 aromatic carbocycles. The highest BCUT2D eigenvalue weighted by molar-refractivity contribution is 5.76. The Balaban J connectivity index is 1.93. The van der Waals surface area contributed by atoms with E-state index in [1.807, 2.05) is 0 Å². The highest BCUT2D eigenvalue weighted by Gasteiger charge is 2.24. The van der Waals surface area contributed by atoms with Crippen molar-refractivity contribution in [3.8, 4) is 0 Å². The molecule has 0 saturated heterocycles. The maximum absolute atomic E-state index is 11.1. The van der Waals surface area contributed by atoms with Gasteiger partial charge in [-0.15, -0.1) is 0 Å². The van der Waals surface area contributed by atoms with E-state index < -0.39 is 0 Å². The highest BCUT2D eigenvalue weighted by Crippen LogP contribution is 2.26. The third kappa shape index (κ3) is 2.99. The van der Waals surface area contributed by atoms with Crippen LogP contribution in [0.15, 0.2) is 6.07 Å². The van der Waals surface area contributed by atoms with Gasteiger partial charge >= 0.3 is 0 Å². The Morgan fingerprint density at radius 3 is 2.44 bits per heavy atom. The van der Waals surface area contributed by atoms with Gasteiger partial charge in [-0.3, -0.25) is 4.79 Å². The highest BCUT2D eigenvalue weighted by atomic mass is 16.1. The van der Waals surface area contributed by atoms with E-state index >= 15 is 0 Å². The SMILES string of the molecule is NC(=O)C1CCC(Nc2cc(N)nc(N)n2)CC1. The molecule has 0 spiro atoms. The Morgan fingerprint density at radius 1 is 1.22 bits per heavy atom. The minimum atomic E-state index is -0.205. The number of nitrogen functional groups attached to an aromatic ring is 2. The lowest BCUT2D eigenvalue weighted by atomic mass is 9.85. The second-order valence-electron chi connectivity index (χ2n) is 4.63. The lowest BCUT2D eigenvalue weighted by Crippen LogP contribution is -2.32. The van der Waals surface area contributed by atoms with Crippen LogP contribution in [0.25, 0.3) is 0 Å². The molecule has 1 amide bonds. The van der Waals surface area contributed by atoms with Crippen LogP contribution in [-0.4, -0.2) is 21.9 Å². The molecule has 7 heteroatoms. The van der Waals surface area contributed by atoms with Gasteiger partial charge in [-0.05, 0) is 25.7 Å². The topological polar surface area (TPSA) is 133 Å². The average Bonchev–Trinajstić information content (AvgIpc) is 2.28. The summed E-state index contributed by atoms with van der Waals surface area (Å²) in [5, 5.41) is 3.26. The van der Waals surface area contributed by atoms with Crippen molar-refractivity contribution in [2.45, 2.75) is 31.7 Å². The quantitative estimate of drug-likeness (QED) is 0.601. The van der Waals surface area contributed by atoms with Gasteiger partial charge in [0.2, 0.25) is 11.9 Å². The number of primary amides is 1. The summed E-state index contributed by atoms with van der Waals surface area (Å²) in [7, 11) is 0. The number of anilines is 3. The van der Waals surface area contributed by atoms with Crippen LogP contribution < -0.4 is 22.5 Å². The predicted molar refractivity (Wildman–Crippen MR) is 69.4 cm³/mol. The van der Waals surface area contributed by atoms with Gasteiger partial charge in [-0.1, -0.05) is 0 Å². The molecule has 1 aromatic heterocycles. The zero-order valence-electron chi connectivity index (χ0n) is 10.1. The van der Waals surface area contributed by atoms with Crippen LogP contribution in [0.3, 0.4) is 0 Å². The zero-order chi connectivity index (χ0) is 13.1. The molecule has 1 saturated carbocycles. The van der Waals surface area contributed by atoms with Crippen LogP contribution in [-0.2, 0) is 4.79 Å². The molecule has 1 fully saturated rings. The molecular formula is C11H18N6O. The molecule has 0 radical (unpaired) electrons. The minimum absolute atomic E-state index is 0.00332. The molecular weight excluding hydrogens is 232 g/mol. The Morgan fingerprint density at radius 2 is 1.89 bits per heavy atom. The van der Waals surface area contributed by atoms with Crippen molar-refractivity contribution in [2.75, 3.05) is 16.8 Å². The van der Waals surface area contributed by atoms with Crippen molar-refractivity contribution < 1.29 is 4.79 Å². The fourth-order valence-electron chi connectivity index (χ4n) is 2.29. The largest absolute Gasteiger partial charge is 0.383 e. The number of nitrogens with one attached hydrogen (secondary N) is 1. The second-order valence-corrected chi connectivity index (χ2v) is 4.63. The number of hydrogen-bond acceptors (Lipinski definition) is 6. The summed E-state index contributed by atoms with van der Waals surface area (Å²) in [6.45, 7) is 0. The Hall–Kier alpha value is -2.05. The van der Waals surface area contributed by atoms with E-state index in [-0.39, 0.29) is 23.8 Å². The molecule has 1 heterocycles. The van der Waals surface area contributed by atoms with Crippen molar-refractivity contribution in [3.05, 3.63) is 6.07 Å². The summed E-state index contributed by atoms with van der Waals surface area (Å²) in [6.07, 6.45) is 3.39. The van der Waals surface area contributed by atoms with E-state index in [1.54, 1.807) is 6.07 Å². The predicted octanol–water partition coefficient (Wildman–Crippen LogP) is 0.0970. The van der Waals surface area contributed by atoms with Crippen LogP contribution >= 0.6 is 0 Å². The Bertz CT molecular complexity index is 421. The fourth-order valence-corrected chi connectivity index (χ4v) is 2.29. The lowest BCUT2D eigenvalue weighted by molar-refractivity contribution is -0.122. The number of aromatic nitrogens is 2. The smallest absolute Gasteiger partial charge is 0.223 e. The summed E-state index contributed by atoms with van der Waals surface area (Å²) >= 11 is 0. The lowest BCUT2D eigenvalue weighted by Gasteiger charge is -2.27. The van der Waals surface area contributed by atoms with Crippen molar-refractivity contribution in [3.63, 3.8) is 0 Å². The Kier molecular flexibility index (Phi) is 3.50. The molecule has 1 aliphatic carbocycles. The van der Waals surface area contributed by atoms with Gasteiger partial charge < -0.3 is 22.5 Å². The molecule has 0 bridgehead atoms. The summed E-state index contributed by atoms with van der Waals surface area (Å²) < 4.78 is 0. The van der Waals surface area contributed by atoms with E-state index in [2.05, 4.69) is 15.3 Å². The summed E-state index contributed by atoms with van der Waals surface area (Å²) in [4.78, 5) is 18.9. The zero-order valence-corrected chi connectivity index (χ0v) is 10.1. The minimum Gasteiger partial charge on any atom is -0.383 e. The Labute approximate surface area is 105 Å². The van der Waals surface area contributed by atoms with Gasteiger partial charge in [0.15, 0.2) is 0 Å². The van der Waals surface area contributed by atoms with E-state index in [4.69, 9.17) is 17.2 Å². The molecule has 0 unspecified atom stereocenters. The third-order valence-corrected chi connectivity index (χ3v) is 3.24. The second kappa shape index (κ2) is 5.07. The monoisotopic (exact) mass is 250 g/mol. The summed E-state index contributed by atoms with van der Waals surface area (Å²) in [5.41, 5.74) is 16.4. The molecule has 2 rings (SSSR count). The van der Waals surface area contributed by atoms with Gasteiger partial charge in [0, 0.05) is 18.0 Å². The van der Waals surface area contributed by atoms with Crippen LogP contribution in [0.1, 0.15) is 25.7 Å². The number of rotatable bonds is 3. The standard InChI is InChI=1S/C11H18N6O/c12-8-5-9(17-11(14)16-8)15-7-3-1-6(2-4-7)10(13)18/h5-7H,1-4H2,(H2,13,18)(H5,12,14,15,16,17). The maximum Gasteiger partial charge on any atom is 0.223 e.